The lowest BCUT2D eigenvalue weighted by molar-refractivity contribution is -0.153. The van der Waals surface area contributed by atoms with Crippen molar-refractivity contribution in [1.82, 2.24) is 10.6 Å². The van der Waals surface area contributed by atoms with Crippen LogP contribution in [0.2, 0.25) is 0 Å². The van der Waals surface area contributed by atoms with E-state index in [4.69, 9.17) is 0 Å². The first-order valence-electron chi connectivity index (χ1n) is 6.52. The maximum Gasteiger partial charge on any atom is 0.422 e. The van der Waals surface area contributed by atoms with E-state index in [-0.39, 0.29) is 24.1 Å². The van der Waals surface area contributed by atoms with Gasteiger partial charge in [-0.05, 0) is 24.7 Å². The van der Waals surface area contributed by atoms with Crippen LogP contribution < -0.4 is 15.4 Å². The zero-order valence-corrected chi connectivity index (χ0v) is 12.0. The van der Waals surface area contributed by atoms with Crippen LogP contribution in [0.25, 0.3) is 0 Å². The fraction of sp³-hybridized carbons (Fsp3) is 0.500. The van der Waals surface area contributed by atoms with Crippen LogP contribution in [0.5, 0.6) is 5.75 Å². The summed E-state index contributed by atoms with van der Waals surface area (Å²) in [5.74, 6) is -0.173. The van der Waals surface area contributed by atoms with Gasteiger partial charge in [0, 0.05) is 19.0 Å². The number of alkyl halides is 3. The van der Waals surface area contributed by atoms with Crippen LogP contribution in [0.3, 0.4) is 0 Å². The van der Waals surface area contributed by atoms with Crippen molar-refractivity contribution >= 4 is 5.91 Å². The molecule has 0 fully saturated rings. The number of hydrogen-bond acceptors (Lipinski definition) is 3. The summed E-state index contributed by atoms with van der Waals surface area (Å²) in [5.41, 5.74) is 0.680. The summed E-state index contributed by atoms with van der Waals surface area (Å²) in [4.78, 5) is 11.7. The van der Waals surface area contributed by atoms with Crippen molar-refractivity contribution < 1.29 is 22.7 Å². The van der Waals surface area contributed by atoms with Crippen molar-refractivity contribution in [3.05, 3.63) is 29.8 Å². The Bertz CT molecular complexity index is 464. The van der Waals surface area contributed by atoms with Crippen LogP contribution in [0, 0.1) is 5.92 Å². The van der Waals surface area contributed by atoms with E-state index in [1.54, 1.807) is 26.1 Å². The fourth-order valence-corrected chi connectivity index (χ4v) is 1.67. The molecule has 1 unspecified atom stereocenters. The molecule has 1 aromatic carbocycles. The van der Waals surface area contributed by atoms with Gasteiger partial charge in [-0.3, -0.25) is 4.79 Å². The number of amides is 1. The van der Waals surface area contributed by atoms with Crippen LogP contribution in [0.4, 0.5) is 13.2 Å². The molecule has 0 aliphatic heterocycles. The standard InChI is InChI=1S/C14H19F3N2O2/c1-10(7-18-2)13(20)19-8-11-4-3-5-12(6-11)21-9-14(15,16)17/h3-6,10,18H,7-9H2,1-2H3,(H,19,20). The number of nitrogens with one attached hydrogen (secondary N) is 2. The molecular weight excluding hydrogens is 285 g/mol. The molecule has 2 N–H and O–H groups in total. The molecule has 0 saturated carbocycles. The normalized spacial score (nSPS) is 12.8. The highest BCUT2D eigenvalue weighted by atomic mass is 19.4. The zero-order valence-electron chi connectivity index (χ0n) is 12.0. The predicted octanol–water partition coefficient (Wildman–Crippen LogP) is 2.10. The fourth-order valence-electron chi connectivity index (χ4n) is 1.67. The average Bonchev–Trinajstić information content (AvgIpc) is 2.42. The summed E-state index contributed by atoms with van der Waals surface area (Å²) in [6.07, 6.45) is -4.37. The van der Waals surface area contributed by atoms with Gasteiger partial charge >= 0.3 is 6.18 Å². The minimum absolute atomic E-state index is 0.119. The third-order valence-electron chi connectivity index (χ3n) is 2.73. The van der Waals surface area contributed by atoms with Crippen molar-refractivity contribution in [2.24, 2.45) is 5.92 Å². The Morgan fingerprint density at radius 3 is 2.71 bits per heavy atom. The Morgan fingerprint density at radius 2 is 2.10 bits per heavy atom. The first-order chi connectivity index (χ1) is 9.81. The molecule has 0 radical (unpaired) electrons. The minimum atomic E-state index is -4.37. The Hall–Kier alpha value is -1.76. The number of carbonyl (C=O) groups excluding carboxylic acids is 1. The third-order valence-corrected chi connectivity index (χ3v) is 2.73. The van der Waals surface area contributed by atoms with E-state index in [1.165, 1.54) is 12.1 Å². The second kappa shape index (κ2) is 7.87. The highest BCUT2D eigenvalue weighted by molar-refractivity contribution is 5.78. The highest BCUT2D eigenvalue weighted by Crippen LogP contribution is 2.19. The molecular formula is C14H19F3N2O2. The first kappa shape index (κ1) is 17.3. The third kappa shape index (κ3) is 6.99. The van der Waals surface area contributed by atoms with Gasteiger partial charge < -0.3 is 15.4 Å². The molecule has 0 aliphatic carbocycles. The van der Waals surface area contributed by atoms with E-state index in [9.17, 15) is 18.0 Å². The Balaban J connectivity index is 2.51. The molecule has 0 aliphatic rings. The largest absolute Gasteiger partial charge is 0.484 e. The summed E-state index contributed by atoms with van der Waals surface area (Å²) in [6.45, 7) is 1.26. The zero-order chi connectivity index (χ0) is 15.9. The molecule has 1 atom stereocenters. The monoisotopic (exact) mass is 304 g/mol. The number of carbonyl (C=O) groups is 1. The van der Waals surface area contributed by atoms with Gasteiger partial charge in [-0.1, -0.05) is 19.1 Å². The summed E-state index contributed by atoms with van der Waals surface area (Å²) in [5, 5.41) is 5.63. The summed E-state index contributed by atoms with van der Waals surface area (Å²) in [7, 11) is 1.76. The van der Waals surface area contributed by atoms with Gasteiger partial charge in [0.2, 0.25) is 5.91 Å². The van der Waals surface area contributed by atoms with Gasteiger partial charge in [0.25, 0.3) is 0 Å². The molecule has 1 rings (SSSR count). The molecule has 0 saturated heterocycles. The molecule has 21 heavy (non-hydrogen) atoms. The van der Waals surface area contributed by atoms with Gasteiger partial charge in [0.1, 0.15) is 5.75 Å². The quantitative estimate of drug-likeness (QED) is 0.811. The molecule has 0 heterocycles. The van der Waals surface area contributed by atoms with Crippen LogP contribution >= 0.6 is 0 Å². The molecule has 118 valence electrons. The van der Waals surface area contributed by atoms with Crippen molar-refractivity contribution in [3.63, 3.8) is 0 Å². The van der Waals surface area contributed by atoms with Crippen LogP contribution in [0.15, 0.2) is 24.3 Å². The SMILES string of the molecule is CNCC(C)C(=O)NCc1cccc(OCC(F)(F)F)c1. The molecule has 4 nitrogen and oxygen atoms in total. The van der Waals surface area contributed by atoms with E-state index >= 15 is 0 Å². The Morgan fingerprint density at radius 1 is 1.38 bits per heavy atom. The van der Waals surface area contributed by atoms with Gasteiger partial charge in [-0.2, -0.15) is 13.2 Å². The number of benzene rings is 1. The summed E-state index contributed by atoms with van der Waals surface area (Å²) >= 11 is 0. The predicted molar refractivity (Wildman–Crippen MR) is 72.9 cm³/mol. The maximum atomic E-state index is 12.1. The highest BCUT2D eigenvalue weighted by Gasteiger charge is 2.28. The lowest BCUT2D eigenvalue weighted by Crippen LogP contribution is -2.33. The molecule has 0 aromatic heterocycles. The Kier molecular flexibility index (Phi) is 6.48. The van der Waals surface area contributed by atoms with Gasteiger partial charge in [0.05, 0.1) is 0 Å². The van der Waals surface area contributed by atoms with E-state index in [0.717, 1.165) is 0 Å². The van der Waals surface area contributed by atoms with Gasteiger partial charge in [-0.25, -0.2) is 0 Å². The minimum Gasteiger partial charge on any atom is -0.484 e. The van der Waals surface area contributed by atoms with Gasteiger partial charge in [-0.15, -0.1) is 0 Å². The number of ether oxygens (including phenoxy) is 1. The summed E-state index contributed by atoms with van der Waals surface area (Å²) in [6, 6.07) is 6.23. The van der Waals surface area contributed by atoms with Gasteiger partial charge in [0.15, 0.2) is 6.61 Å². The average molecular weight is 304 g/mol. The number of hydrogen-bond donors (Lipinski definition) is 2. The summed E-state index contributed by atoms with van der Waals surface area (Å²) < 4.78 is 40.9. The van der Waals surface area contributed by atoms with Crippen molar-refractivity contribution in [2.45, 2.75) is 19.6 Å². The van der Waals surface area contributed by atoms with E-state index in [0.29, 0.717) is 12.1 Å². The van der Waals surface area contributed by atoms with E-state index < -0.39 is 12.8 Å². The lowest BCUT2D eigenvalue weighted by Gasteiger charge is -2.13. The van der Waals surface area contributed by atoms with Crippen LogP contribution in [0.1, 0.15) is 12.5 Å². The Labute approximate surface area is 121 Å². The molecule has 7 heteroatoms. The molecule has 0 spiro atoms. The second-order valence-electron chi connectivity index (χ2n) is 4.73. The van der Waals surface area contributed by atoms with E-state index in [1.807, 2.05) is 0 Å². The first-order valence-corrected chi connectivity index (χ1v) is 6.52. The van der Waals surface area contributed by atoms with Crippen LogP contribution in [-0.2, 0) is 11.3 Å². The van der Waals surface area contributed by atoms with Crippen LogP contribution in [-0.4, -0.2) is 32.3 Å². The van der Waals surface area contributed by atoms with Crippen molar-refractivity contribution in [3.8, 4) is 5.75 Å². The molecule has 0 bridgehead atoms. The maximum absolute atomic E-state index is 12.1. The van der Waals surface area contributed by atoms with Crippen molar-refractivity contribution in [1.29, 1.82) is 0 Å². The topological polar surface area (TPSA) is 50.4 Å². The van der Waals surface area contributed by atoms with E-state index in [2.05, 4.69) is 15.4 Å². The number of halogens is 3. The smallest absolute Gasteiger partial charge is 0.422 e. The number of rotatable bonds is 7. The second-order valence-corrected chi connectivity index (χ2v) is 4.73. The molecule has 1 aromatic rings. The lowest BCUT2D eigenvalue weighted by atomic mass is 10.1. The molecule has 1 amide bonds. The van der Waals surface area contributed by atoms with Crippen molar-refractivity contribution in [2.75, 3.05) is 20.2 Å².